The predicted octanol–water partition coefficient (Wildman–Crippen LogP) is 2.70. The minimum absolute atomic E-state index is 0.0768. The largest absolute Gasteiger partial charge is 0.478 e. The maximum Gasteiger partial charge on any atom is 0.338 e. The summed E-state index contributed by atoms with van der Waals surface area (Å²) in [7, 11) is 0. The van der Waals surface area contributed by atoms with E-state index in [4.69, 9.17) is 5.11 Å². The summed E-state index contributed by atoms with van der Waals surface area (Å²) in [6, 6.07) is 4.03. The van der Waals surface area contributed by atoms with E-state index in [0.29, 0.717) is 6.54 Å². The maximum absolute atomic E-state index is 11.1. The van der Waals surface area contributed by atoms with Crippen molar-refractivity contribution in [2.45, 2.75) is 6.92 Å². The van der Waals surface area contributed by atoms with Gasteiger partial charge in [-0.3, -0.25) is 10.1 Å². The van der Waals surface area contributed by atoms with E-state index in [-0.39, 0.29) is 22.9 Å². The van der Waals surface area contributed by atoms with Crippen molar-refractivity contribution in [3.8, 4) is 0 Å². The highest BCUT2D eigenvalue weighted by atomic mass is 32.2. The molecule has 104 valence electrons. The van der Waals surface area contributed by atoms with Crippen molar-refractivity contribution in [2.24, 2.45) is 5.92 Å². The number of nitro benzene ring substituents is 1. The van der Waals surface area contributed by atoms with Crippen LogP contribution in [0.2, 0.25) is 0 Å². The average molecular weight is 284 g/mol. The van der Waals surface area contributed by atoms with Gasteiger partial charge in [-0.2, -0.15) is 11.8 Å². The standard InChI is InChI=1S/C12H16N2O4S/c1-8(7-19-2)6-13-11-9(12(15)16)4-3-5-10(11)14(17)18/h3-5,8,13H,6-7H2,1-2H3,(H,15,16). The molecule has 0 saturated heterocycles. The van der Waals surface area contributed by atoms with E-state index in [1.54, 1.807) is 11.8 Å². The summed E-state index contributed by atoms with van der Waals surface area (Å²) >= 11 is 1.68. The van der Waals surface area contributed by atoms with Crippen molar-refractivity contribution in [1.29, 1.82) is 0 Å². The number of carbonyl (C=O) groups is 1. The molecule has 2 N–H and O–H groups in total. The fourth-order valence-electron chi connectivity index (χ4n) is 1.68. The number of anilines is 1. The number of carboxylic acids is 1. The van der Waals surface area contributed by atoms with Crippen molar-refractivity contribution in [3.63, 3.8) is 0 Å². The summed E-state index contributed by atoms with van der Waals surface area (Å²) in [6.45, 7) is 2.49. The van der Waals surface area contributed by atoms with Gasteiger partial charge in [0.25, 0.3) is 5.69 Å². The van der Waals surface area contributed by atoms with Gasteiger partial charge < -0.3 is 10.4 Å². The Morgan fingerprint density at radius 2 is 2.26 bits per heavy atom. The van der Waals surface area contributed by atoms with Gasteiger partial charge in [0.05, 0.1) is 10.5 Å². The van der Waals surface area contributed by atoms with Crippen LogP contribution in [0.3, 0.4) is 0 Å². The van der Waals surface area contributed by atoms with E-state index in [2.05, 4.69) is 5.32 Å². The first-order valence-corrected chi connectivity index (χ1v) is 7.10. The van der Waals surface area contributed by atoms with Crippen LogP contribution in [0, 0.1) is 16.0 Å². The highest BCUT2D eigenvalue weighted by Gasteiger charge is 2.21. The summed E-state index contributed by atoms with van der Waals surface area (Å²) < 4.78 is 0. The number of para-hydroxylation sites is 1. The first kappa shape index (κ1) is 15.3. The van der Waals surface area contributed by atoms with Crippen molar-refractivity contribution in [3.05, 3.63) is 33.9 Å². The molecule has 0 aliphatic carbocycles. The minimum Gasteiger partial charge on any atom is -0.478 e. The highest BCUT2D eigenvalue weighted by molar-refractivity contribution is 7.98. The molecule has 0 radical (unpaired) electrons. The van der Waals surface area contributed by atoms with Crippen LogP contribution >= 0.6 is 11.8 Å². The number of aromatic carboxylic acids is 1. The Hall–Kier alpha value is -1.76. The van der Waals surface area contributed by atoms with Crippen LogP contribution in [-0.2, 0) is 0 Å². The fourth-order valence-corrected chi connectivity index (χ4v) is 2.36. The SMILES string of the molecule is CSCC(C)CNc1c(C(=O)O)cccc1[N+](=O)[O-]. The van der Waals surface area contributed by atoms with Crippen LogP contribution < -0.4 is 5.32 Å². The summed E-state index contributed by atoms with van der Waals surface area (Å²) in [5, 5.41) is 22.9. The number of hydrogen-bond donors (Lipinski definition) is 2. The van der Waals surface area contributed by atoms with Crippen molar-refractivity contribution in [2.75, 3.05) is 23.9 Å². The molecular formula is C12H16N2O4S. The number of nitrogens with zero attached hydrogens (tertiary/aromatic N) is 1. The minimum atomic E-state index is -1.18. The van der Waals surface area contributed by atoms with E-state index in [1.165, 1.54) is 18.2 Å². The smallest absolute Gasteiger partial charge is 0.338 e. The predicted molar refractivity (Wildman–Crippen MR) is 76.1 cm³/mol. The van der Waals surface area contributed by atoms with Crippen LogP contribution in [0.25, 0.3) is 0 Å². The van der Waals surface area contributed by atoms with Crippen molar-refractivity contribution >= 4 is 29.1 Å². The molecule has 0 fully saturated rings. The third-order valence-corrected chi connectivity index (χ3v) is 3.45. The van der Waals surface area contributed by atoms with E-state index in [1.807, 2.05) is 13.2 Å². The molecule has 1 rings (SSSR count). The van der Waals surface area contributed by atoms with Gasteiger partial charge in [0.2, 0.25) is 0 Å². The fraction of sp³-hybridized carbons (Fsp3) is 0.417. The van der Waals surface area contributed by atoms with E-state index < -0.39 is 10.9 Å². The molecule has 0 spiro atoms. The summed E-state index contributed by atoms with van der Waals surface area (Å²) in [4.78, 5) is 21.5. The van der Waals surface area contributed by atoms with Crippen LogP contribution in [-0.4, -0.2) is 34.6 Å². The Kier molecular flexibility index (Phi) is 5.62. The van der Waals surface area contributed by atoms with E-state index in [9.17, 15) is 14.9 Å². The zero-order valence-electron chi connectivity index (χ0n) is 10.8. The second kappa shape index (κ2) is 6.98. The van der Waals surface area contributed by atoms with Crippen molar-refractivity contribution < 1.29 is 14.8 Å². The third-order valence-electron chi connectivity index (χ3n) is 2.55. The molecule has 0 heterocycles. The number of hydrogen-bond acceptors (Lipinski definition) is 5. The van der Waals surface area contributed by atoms with Gasteiger partial charge in [0.15, 0.2) is 0 Å². The summed E-state index contributed by atoms with van der Waals surface area (Å²) in [6.07, 6.45) is 1.98. The highest BCUT2D eigenvalue weighted by Crippen LogP contribution is 2.28. The zero-order valence-corrected chi connectivity index (χ0v) is 11.6. The molecule has 1 aromatic rings. The lowest BCUT2D eigenvalue weighted by molar-refractivity contribution is -0.384. The summed E-state index contributed by atoms with van der Waals surface area (Å²) in [5.74, 6) is 0.0101. The first-order valence-electron chi connectivity index (χ1n) is 5.70. The molecule has 0 bridgehead atoms. The first-order chi connectivity index (χ1) is 8.97. The summed E-state index contributed by atoms with van der Waals surface area (Å²) in [5.41, 5.74) is -0.213. The molecule has 1 aromatic carbocycles. The van der Waals surface area contributed by atoms with Crippen molar-refractivity contribution in [1.82, 2.24) is 0 Å². The Balaban J connectivity index is 3.01. The number of benzene rings is 1. The second-order valence-corrected chi connectivity index (χ2v) is 5.11. The maximum atomic E-state index is 11.1. The molecular weight excluding hydrogens is 268 g/mol. The monoisotopic (exact) mass is 284 g/mol. The number of carboxylic acid groups (broad SMARTS) is 1. The van der Waals surface area contributed by atoms with Gasteiger partial charge in [-0.05, 0) is 24.0 Å². The van der Waals surface area contributed by atoms with Gasteiger partial charge >= 0.3 is 5.97 Å². The molecule has 1 atom stereocenters. The van der Waals surface area contributed by atoms with Crippen LogP contribution in [0.4, 0.5) is 11.4 Å². The number of rotatable bonds is 7. The molecule has 1 unspecified atom stereocenters. The zero-order chi connectivity index (χ0) is 14.4. The number of thioether (sulfide) groups is 1. The Bertz CT molecular complexity index is 447. The molecule has 19 heavy (non-hydrogen) atoms. The quantitative estimate of drug-likeness (QED) is 0.590. The molecule has 0 aromatic heterocycles. The van der Waals surface area contributed by atoms with E-state index >= 15 is 0 Å². The van der Waals surface area contributed by atoms with E-state index in [0.717, 1.165) is 5.75 Å². The lowest BCUT2D eigenvalue weighted by atomic mass is 10.1. The van der Waals surface area contributed by atoms with Gasteiger partial charge in [0, 0.05) is 12.6 Å². The third kappa shape index (κ3) is 4.13. The molecule has 7 heteroatoms. The van der Waals surface area contributed by atoms with Crippen LogP contribution in [0.1, 0.15) is 17.3 Å². The average Bonchev–Trinajstić information content (AvgIpc) is 2.35. The van der Waals surface area contributed by atoms with Crippen LogP contribution in [0.15, 0.2) is 18.2 Å². The molecule has 0 aliphatic heterocycles. The topological polar surface area (TPSA) is 92.5 Å². The molecule has 0 aliphatic rings. The lowest BCUT2D eigenvalue weighted by Crippen LogP contribution is -2.16. The molecule has 6 nitrogen and oxygen atoms in total. The van der Waals surface area contributed by atoms with Crippen LogP contribution in [0.5, 0.6) is 0 Å². The van der Waals surface area contributed by atoms with Gasteiger partial charge in [-0.15, -0.1) is 0 Å². The van der Waals surface area contributed by atoms with Gasteiger partial charge in [-0.1, -0.05) is 13.0 Å². The second-order valence-electron chi connectivity index (χ2n) is 4.20. The lowest BCUT2D eigenvalue weighted by Gasteiger charge is -2.14. The molecule has 0 amide bonds. The Labute approximate surface area is 115 Å². The number of nitrogens with one attached hydrogen (secondary N) is 1. The Morgan fingerprint density at radius 3 is 2.79 bits per heavy atom. The Morgan fingerprint density at radius 1 is 1.58 bits per heavy atom. The van der Waals surface area contributed by atoms with Gasteiger partial charge in [-0.25, -0.2) is 4.79 Å². The molecule has 0 saturated carbocycles. The van der Waals surface area contributed by atoms with Gasteiger partial charge in [0.1, 0.15) is 5.69 Å². The normalized spacial score (nSPS) is 11.9. The number of nitro groups is 1.